The molecule has 162 valence electrons. The van der Waals surface area contributed by atoms with Gasteiger partial charge in [-0.15, -0.1) is 0 Å². The Morgan fingerprint density at radius 1 is 1.23 bits per heavy atom. The highest BCUT2D eigenvalue weighted by atomic mass is 35.5. The van der Waals surface area contributed by atoms with Gasteiger partial charge in [0.25, 0.3) is 0 Å². The van der Waals surface area contributed by atoms with Crippen molar-refractivity contribution in [1.82, 2.24) is 14.7 Å². The first-order chi connectivity index (χ1) is 15.0. The van der Waals surface area contributed by atoms with Crippen molar-refractivity contribution in [3.63, 3.8) is 0 Å². The first kappa shape index (κ1) is 22.0. The molecule has 0 aliphatic carbocycles. The minimum Gasteiger partial charge on any atom is -0.354 e. The number of anilines is 1. The van der Waals surface area contributed by atoms with Gasteiger partial charge >= 0.3 is 0 Å². The average molecular weight is 479 g/mol. The number of nitrogens with zero attached hydrogens (tertiary/aromatic N) is 3. The molecule has 1 N–H and O–H groups in total. The van der Waals surface area contributed by atoms with Crippen molar-refractivity contribution in [2.45, 2.75) is 31.7 Å². The molecule has 1 unspecified atom stereocenters. The van der Waals surface area contributed by atoms with Crippen molar-refractivity contribution in [2.24, 2.45) is 0 Å². The van der Waals surface area contributed by atoms with Gasteiger partial charge < -0.3 is 10.2 Å². The molecule has 3 aromatic rings. The van der Waals surface area contributed by atoms with Crippen LogP contribution in [-0.2, 0) is 17.6 Å². The van der Waals surface area contributed by atoms with E-state index in [1.165, 1.54) is 23.7 Å². The molecule has 1 atom stereocenters. The quantitative estimate of drug-likeness (QED) is 0.524. The van der Waals surface area contributed by atoms with Gasteiger partial charge in [0, 0.05) is 41.1 Å². The number of aromatic nitrogens is 2. The van der Waals surface area contributed by atoms with Crippen LogP contribution in [0.15, 0.2) is 42.5 Å². The summed E-state index contributed by atoms with van der Waals surface area (Å²) >= 11 is 13.4. The van der Waals surface area contributed by atoms with Crippen molar-refractivity contribution in [3.8, 4) is 0 Å². The summed E-state index contributed by atoms with van der Waals surface area (Å²) in [5, 5.41) is 4.96. The molecule has 1 saturated heterocycles. The van der Waals surface area contributed by atoms with Gasteiger partial charge in [0.15, 0.2) is 0 Å². The molecule has 0 saturated carbocycles. The highest BCUT2D eigenvalue weighted by Gasteiger charge is 2.32. The van der Waals surface area contributed by atoms with Gasteiger partial charge in [-0.3, -0.25) is 4.79 Å². The van der Waals surface area contributed by atoms with Gasteiger partial charge in [-0.2, -0.15) is 4.37 Å². The third kappa shape index (κ3) is 5.53. The van der Waals surface area contributed by atoms with E-state index in [-0.39, 0.29) is 17.8 Å². The molecule has 1 aromatic heterocycles. The summed E-state index contributed by atoms with van der Waals surface area (Å²) in [5.74, 6) is 0.396. The van der Waals surface area contributed by atoms with E-state index in [2.05, 4.69) is 14.7 Å². The fourth-order valence-corrected chi connectivity index (χ4v) is 4.91. The molecule has 1 aliphatic heterocycles. The van der Waals surface area contributed by atoms with Gasteiger partial charge in [0.2, 0.25) is 11.0 Å². The molecule has 0 bridgehead atoms. The fraction of sp³-hybridized carbons (Fsp3) is 0.318. The number of rotatable bonds is 7. The van der Waals surface area contributed by atoms with Gasteiger partial charge in [0.05, 0.1) is 0 Å². The van der Waals surface area contributed by atoms with E-state index in [0.717, 1.165) is 35.6 Å². The Labute approximate surface area is 194 Å². The molecule has 2 aromatic carbocycles. The molecule has 5 nitrogen and oxygen atoms in total. The van der Waals surface area contributed by atoms with E-state index in [1.54, 1.807) is 24.3 Å². The lowest BCUT2D eigenvalue weighted by atomic mass is 10.1. The van der Waals surface area contributed by atoms with Crippen LogP contribution in [0.1, 0.15) is 29.8 Å². The van der Waals surface area contributed by atoms with Gasteiger partial charge in [-0.05, 0) is 54.7 Å². The van der Waals surface area contributed by atoms with Crippen molar-refractivity contribution in [1.29, 1.82) is 0 Å². The highest BCUT2D eigenvalue weighted by Crippen LogP contribution is 2.28. The topological polar surface area (TPSA) is 58.1 Å². The molecule has 9 heteroatoms. The molecule has 1 fully saturated rings. The smallest absolute Gasteiger partial charge is 0.242 e. The Morgan fingerprint density at radius 2 is 2.03 bits per heavy atom. The minimum absolute atomic E-state index is 0.0159. The summed E-state index contributed by atoms with van der Waals surface area (Å²) < 4.78 is 17.5. The molecule has 31 heavy (non-hydrogen) atoms. The molecule has 1 aliphatic rings. The molecular weight excluding hydrogens is 458 g/mol. The van der Waals surface area contributed by atoms with Crippen molar-refractivity contribution in [2.75, 3.05) is 18.0 Å². The molecular formula is C22H21Cl2FN4OS. The normalized spacial score (nSPS) is 16.0. The predicted octanol–water partition coefficient (Wildman–Crippen LogP) is 4.90. The Balaban J connectivity index is 1.34. The van der Waals surface area contributed by atoms with Crippen molar-refractivity contribution < 1.29 is 9.18 Å². The maximum absolute atomic E-state index is 13.1. The van der Waals surface area contributed by atoms with Crippen LogP contribution in [0.25, 0.3) is 0 Å². The highest BCUT2D eigenvalue weighted by molar-refractivity contribution is 7.09. The molecule has 2 heterocycles. The zero-order valence-electron chi connectivity index (χ0n) is 16.7. The summed E-state index contributed by atoms with van der Waals surface area (Å²) in [6.07, 6.45) is 2.87. The Kier molecular flexibility index (Phi) is 7.05. The third-order valence-corrected chi connectivity index (χ3v) is 6.62. The predicted molar refractivity (Wildman–Crippen MR) is 123 cm³/mol. The maximum Gasteiger partial charge on any atom is 0.242 e. The number of amides is 1. The Morgan fingerprint density at radius 3 is 2.81 bits per heavy atom. The number of nitrogens with one attached hydrogen (secondary N) is 1. The van der Waals surface area contributed by atoms with E-state index in [0.29, 0.717) is 35.3 Å². The number of hydrogen-bond donors (Lipinski definition) is 1. The minimum atomic E-state index is -0.264. The van der Waals surface area contributed by atoms with Crippen LogP contribution in [0.5, 0.6) is 0 Å². The summed E-state index contributed by atoms with van der Waals surface area (Å²) in [6.45, 7) is 1.27. The average Bonchev–Trinajstić information content (AvgIpc) is 3.40. The van der Waals surface area contributed by atoms with Gasteiger partial charge in [-0.1, -0.05) is 41.4 Å². The van der Waals surface area contributed by atoms with E-state index in [4.69, 9.17) is 23.2 Å². The van der Waals surface area contributed by atoms with Crippen LogP contribution in [0.2, 0.25) is 10.0 Å². The van der Waals surface area contributed by atoms with Crippen LogP contribution >= 0.6 is 34.7 Å². The zero-order chi connectivity index (χ0) is 21.8. The summed E-state index contributed by atoms with van der Waals surface area (Å²) in [4.78, 5) is 19.4. The van der Waals surface area contributed by atoms with Crippen LogP contribution in [0.4, 0.5) is 9.52 Å². The van der Waals surface area contributed by atoms with E-state index in [1.807, 2.05) is 11.0 Å². The van der Waals surface area contributed by atoms with Crippen LogP contribution in [-0.4, -0.2) is 34.4 Å². The lowest BCUT2D eigenvalue weighted by Gasteiger charge is -2.22. The molecule has 0 spiro atoms. The van der Waals surface area contributed by atoms with Crippen molar-refractivity contribution >= 4 is 45.8 Å². The molecule has 0 radical (unpaired) electrons. The number of hydrogen-bond acceptors (Lipinski definition) is 5. The number of halogens is 3. The number of benzene rings is 2. The lowest BCUT2D eigenvalue weighted by Crippen LogP contribution is -2.44. The molecule has 1 amide bonds. The largest absolute Gasteiger partial charge is 0.354 e. The lowest BCUT2D eigenvalue weighted by molar-refractivity contribution is -0.122. The first-order valence-electron chi connectivity index (χ1n) is 10.0. The number of carbonyl (C=O) groups is 1. The molecule has 4 rings (SSSR count). The Hall–Kier alpha value is -2.22. The monoisotopic (exact) mass is 478 g/mol. The standard InChI is InChI=1S/C22H21Cl2FN4OS/c23-16-6-5-15(18(24)13-16)9-10-26-21(30)19-2-1-11-29(19)22-27-20(28-31-22)12-14-3-7-17(25)8-4-14/h3-8,13,19H,1-2,9-12H2,(H,26,30). The first-order valence-corrected chi connectivity index (χ1v) is 11.6. The Bertz CT molecular complexity index is 1060. The van der Waals surface area contributed by atoms with Crippen LogP contribution < -0.4 is 10.2 Å². The summed E-state index contributed by atoms with van der Waals surface area (Å²) in [6, 6.07) is 11.4. The van der Waals surface area contributed by atoms with Crippen molar-refractivity contribution in [3.05, 3.63) is 75.3 Å². The van der Waals surface area contributed by atoms with E-state index >= 15 is 0 Å². The summed E-state index contributed by atoms with van der Waals surface area (Å²) in [7, 11) is 0. The third-order valence-electron chi connectivity index (χ3n) is 5.24. The second kappa shape index (κ2) is 9.94. The van der Waals surface area contributed by atoms with Gasteiger partial charge in [-0.25, -0.2) is 9.37 Å². The van der Waals surface area contributed by atoms with E-state index in [9.17, 15) is 9.18 Å². The SMILES string of the molecule is O=C(NCCc1ccc(Cl)cc1Cl)C1CCCN1c1nc(Cc2ccc(F)cc2)ns1. The zero-order valence-corrected chi connectivity index (χ0v) is 19.0. The summed E-state index contributed by atoms with van der Waals surface area (Å²) in [5.41, 5.74) is 1.89. The number of carbonyl (C=O) groups excluding carboxylic acids is 1. The second-order valence-electron chi connectivity index (χ2n) is 7.42. The van der Waals surface area contributed by atoms with E-state index < -0.39 is 0 Å². The van der Waals surface area contributed by atoms with Gasteiger partial charge in [0.1, 0.15) is 17.7 Å². The fourth-order valence-electron chi connectivity index (χ4n) is 3.65. The maximum atomic E-state index is 13.1. The second-order valence-corrected chi connectivity index (χ2v) is 9.00. The van der Waals surface area contributed by atoms with Crippen LogP contribution in [0, 0.1) is 5.82 Å². The van der Waals surface area contributed by atoms with Crippen LogP contribution in [0.3, 0.4) is 0 Å².